The van der Waals surface area contributed by atoms with Gasteiger partial charge >= 0.3 is 5.97 Å². The second kappa shape index (κ2) is 4.56. The Kier molecular flexibility index (Phi) is 3.04. The third kappa shape index (κ3) is 2.02. The molecule has 0 heterocycles. The molecule has 4 atom stereocenters. The van der Waals surface area contributed by atoms with Crippen LogP contribution in [0.5, 0.6) is 0 Å². The van der Waals surface area contributed by atoms with Crippen LogP contribution < -0.4 is 5.32 Å². The van der Waals surface area contributed by atoms with Gasteiger partial charge in [0.2, 0.25) is 5.91 Å². The Bertz CT molecular complexity index is 352. The molecule has 3 aliphatic rings. The van der Waals surface area contributed by atoms with E-state index in [0.29, 0.717) is 12.6 Å². The quantitative estimate of drug-likeness (QED) is 0.753. The Balaban J connectivity index is 1.40. The average Bonchev–Trinajstić information content (AvgIpc) is 2.74. The summed E-state index contributed by atoms with van der Waals surface area (Å²) in [6.45, 7) is 2.16. The first-order valence-electron chi connectivity index (χ1n) is 7.15. The zero-order chi connectivity index (χ0) is 12.7. The maximum absolute atomic E-state index is 11.7. The Morgan fingerprint density at radius 1 is 1.17 bits per heavy atom. The van der Waals surface area contributed by atoms with Gasteiger partial charge in [0.15, 0.2) is 0 Å². The molecule has 0 spiro atoms. The van der Waals surface area contributed by atoms with E-state index in [0.717, 1.165) is 23.7 Å². The molecule has 4 unspecified atom stereocenters. The zero-order valence-electron chi connectivity index (χ0n) is 10.9. The molecular formula is C14H21NO3. The lowest BCUT2D eigenvalue weighted by atomic mass is 10.0. The van der Waals surface area contributed by atoms with Gasteiger partial charge in [0.25, 0.3) is 0 Å². The predicted molar refractivity (Wildman–Crippen MR) is 65.6 cm³/mol. The number of ether oxygens (including phenoxy) is 1. The molecule has 4 nitrogen and oxygen atoms in total. The van der Waals surface area contributed by atoms with E-state index >= 15 is 0 Å². The van der Waals surface area contributed by atoms with Crippen molar-refractivity contribution in [1.29, 1.82) is 0 Å². The third-order valence-electron chi connectivity index (χ3n) is 4.92. The standard InChI is InChI=1S/C14H21NO3/c1-2-18-11(17)6-5-10(16)15-14-12-8-3-4-9(7-8)13(12)14/h8-9,12-14H,2-7H2,1H3,(H,15,16). The molecule has 3 rings (SSSR count). The maximum Gasteiger partial charge on any atom is 0.306 e. The van der Waals surface area contributed by atoms with Gasteiger partial charge in [-0.05, 0) is 49.9 Å². The average molecular weight is 251 g/mol. The predicted octanol–water partition coefficient (Wildman–Crippen LogP) is 1.49. The summed E-state index contributed by atoms with van der Waals surface area (Å²) >= 11 is 0. The Morgan fingerprint density at radius 2 is 1.83 bits per heavy atom. The lowest BCUT2D eigenvalue weighted by Gasteiger charge is -2.10. The van der Waals surface area contributed by atoms with Crippen LogP contribution in [0.15, 0.2) is 0 Å². The van der Waals surface area contributed by atoms with Crippen LogP contribution in [0.2, 0.25) is 0 Å². The molecule has 3 fully saturated rings. The monoisotopic (exact) mass is 251 g/mol. The fourth-order valence-electron chi connectivity index (χ4n) is 4.23. The molecule has 0 saturated heterocycles. The smallest absolute Gasteiger partial charge is 0.306 e. The van der Waals surface area contributed by atoms with Crippen LogP contribution in [0.25, 0.3) is 0 Å². The van der Waals surface area contributed by atoms with Gasteiger partial charge in [0.05, 0.1) is 13.0 Å². The van der Waals surface area contributed by atoms with Crippen molar-refractivity contribution in [1.82, 2.24) is 5.32 Å². The summed E-state index contributed by atoms with van der Waals surface area (Å²) in [5, 5.41) is 3.11. The van der Waals surface area contributed by atoms with E-state index in [4.69, 9.17) is 4.74 Å². The summed E-state index contributed by atoms with van der Waals surface area (Å²) in [5.74, 6) is 3.00. The summed E-state index contributed by atoms with van der Waals surface area (Å²) in [6, 6.07) is 0.422. The number of fused-ring (bicyclic) bond motifs is 5. The van der Waals surface area contributed by atoms with E-state index < -0.39 is 0 Å². The van der Waals surface area contributed by atoms with Crippen molar-refractivity contribution in [2.45, 2.75) is 45.1 Å². The highest BCUT2D eigenvalue weighted by Gasteiger charge is 2.65. The van der Waals surface area contributed by atoms with Crippen molar-refractivity contribution in [3.8, 4) is 0 Å². The highest BCUT2D eigenvalue weighted by atomic mass is 16.5. The van der Waals surface area contributed by atoms with Crippen molar-refractivity contribution in [2.24, 2.45) is 23.7 Å². The van der Waals surface area contributed by atoms with Gasteiger partial charge in [-0.1, -0.05) is 0 Å². The molecule has 2 bridgehead atoms. The van der Waals surface area contributed by atoms with Crippen molar-refractivity contribution in [2.75, 3.05) is 6.61 Å². The minimum absolute atomic E-state index is 0.0156. The number of amides is 1. The zero-order valence-corrected chi connectivity index (χ0v) is 10.9. The van der Waals surface area contributed by atoms with Crippen LogP contribution in [-0.4, -0.2) is 24.5 Å². The van der Waals surface area contributed by atoms with E-state index in [9.17, 15) is 9.59 Å². The second-order valence-corrected chi connectivity index (χ2v) is 5.89. The van der Waals surface area contributed by atoms with Gasteiger partial charge in [-0.3, -0.25) is 9.59 Å². The molecule has 1 N–H and O–H groups in total. The van der Waals surface area contributed by atoms with Gasteiger partial charge in [-0.2, -0.15) is 0 Å². The van der Waals surface area contributed by atoms with E-state index in [1.54, 1.807) is 6.92 Å². The van der Waals surface area contributed by atoms with Crippen molar-refractivity contribution < 1.29 is 14.3 Å². The molecule has 4 heteroatoms. The van der Waals surface area contributed by atoms with Gasteiger partial charge in [-0.25, -0.2) is 0 Å². The van der Waals surface area contributed by atoms with E-state index in [-0.39, 0.29) is 24.7 Å². The highest BCUT2D eigenvalue weighted by molar-refractivity contribution is 5.81. The van der Waals surface area contributed by atoms with Crippen molar-refractivity contribution in [3.05, 3.63) is 0 Å². The minimum Gasteiger partial charge on any atom is -0.466 e. The van der Waals surface area contributed by atoms with E-state index in [1.165, 1.54) is 19.3 Å². The number of carbonyl (C=O) groups excluding carboxylic acids is 2. The Morgan fingerprint density at radius 3 is 2.44 bits per heavy atom. The summed E-state index contributed by atoms with van der Waals surface area (Å²) in [7, 11) is 0. The molecular weight excluding hydrogens is 230 g/mol. The summed E-state index contributed by atoms with van der Waals surface area (Å²) < 4.78 is 4.81. The van der Waals surface area contributed by atoms with Crippen molar-refractivity contribution >= 4 is 11.9 Å². The molecule has 0 aliphatic heterocycles. The van der Waals surface area contributed by atoms with Crippen molar-refractivity contribution in [3.63, 3.8) is 0 Å². The van der Waals surface area contributed by atoms with E-state index in [1.807, 2.05) is 0 Å². The van der Waals surface area contributed by atoms with E-state index in [2.05, 4.69) is 5.32 Å². The number of nitrogens with one attached hydrogen (secondary N) is 1. The largest absolute Gasteiger partial charge is 0.466 e. The summed E-state index contributed by atoms with van der Waals surface area (Å²) in [6.07, 6.45) is 4.59. The van der Waals surface area contributed by atoms with Crippen LogP contribution in [0.3, 0.4) is 0 Å². The van der Waals surface area contributed by atoms with Gasteiger partial charge in [0.1, 0.15) is 0 Å². The lowest BCUT2D eigenvalue weighted by molar-refractivity contribution is -0.144. The van der Waals surface area contributed by atoms with Gasteiger partial charge in [0, 0.05) is 12.5 Å². The maximum atomic E-state index is 11.7. The molecule has 0 radical (unpaired) electrons. The fourth-order valence-corrected chi connectivity index (χ4v) is 4.23. The molecule has 0 aromatic heterocycles. The first kappa shape index (κ1) is 12.0. The Labute approximate surface area is 107 Å². The number of rotatable bonds is 5. The minimum atomic E-state index is -0.274. The Hall–Kier alpha value is -1.06. The molecule has 3 aliphatic carbocycles. The number of esters is 1. The molecule has 100 valence electrons. The van der Waals surface area contributed by atoms with Gasteiger partial charge in [-0.15, -0.1) is 0 Å². The first-order valence-corrected chi connectivity index (χ1v) is 7.15. The second-order valence-electron chi connectivity index (χ2n) is 5.89. The topological polar surface area (TPSA) is 55.4 Å². The van der Waals surface area contributed by atoms with Crippen LogP contribution in [0.4, 0.5) is 0 Å². The number of hydrogen-bond acceptors (Lipinski definition) is 3. The van der Waals surface area contributed by atoms with Gasteiger partial charge < -0.3 is 10.1 Å². The van der Waals surface area contributed by atoms with Crippen LogP contribution in [0.1, 0.15) is 39.0 Å². The van der Waals surface area contributed by atoms with Crippen LogP contribution >= 0.6 is 0 Å². The number of hydrogen-bond donors (Lipinski definition) is 1. The van der Waals surface area contributed by atoms with Crippen LogP contribution in [-0.2, 0) is 14.3 Å². The molecule has 1 amide bonds. The molecule has 0 aromatic rings. The summed E-state index contributed by atoms with van der Waals surface area (Å²) in [4.78, 5) is 22.9. The normalized spacial score (nSPS) is 39.3. The third-order valence-corrected chi connectivity index (χ3v) is 4.92. The fraction of sp³-hybridized carbons (Fsp3) is 0.857. The SMILES string of the molecule is CCOC(=O)CCC(=O)NC1C2C3CCC(C3)C12. The summed E-state index contributed by atoms with van der Waals surface area (Å²) in [5.41, 5.74) is 0. The molecule has 3 saturated carbocycles. The lowest BCUT2D eigenvalue weighted by Crippen LogP contribution is -2.30. The molecule has 18 heavy (non-hydrogen) atoms. The molecule has 0 aromatic carbocycles. The number of carbonyl (C=O) groups is 2. The van der Waals surface area contributed by atoms with Crippen LogP contribution in [0, 0.1) is 23.7 Å². The highest BCUT2D eigenvalue weighted by Crippen LogP contribution is 2.65. The first-order chi connectivity index (χ1) is 8.70.